The molecule has 0 amide bonds. The summed E-state index contributed by atoms with van der Waals surface area (Å²) in [6.07, 6.45) is 20.7. The van der Waals surface area contributed by atoms with Gasteiger partial charge in [-0.3, -0.25) is 9.59 Å². The molecule has 0 rings (SSSR count). The first-order chi connectivity index (χ1) is 10.5. The summed E-state index contributed by atoms with van der Waals surface area (Å²) in [6.45, 7) is 7.52. The molecule has 0 saturated heterocycles. The number of hydrogen-bond acceptors (Lipinski definition) is 2. The highest BCUT2D eigenvalue weighted by molar-refractivity contribution is 5.73. The molecule has 0 radical (unpaired) electrons. The van der Waals surface area contributed by atoms with E-state index in [0.717, 1.165) is 23.7 Å². The lowest BCUT2D eigenvalue weighted by Crippen LogP contribution is -1.73. The lowest BCUT2D eigenvalue weighted by molar-refractivity contribution is -0.105. The van der Waals surface area contributed by atoms with E-state index < -0.39 is 0 Å². The Morgan fingerprint density at radius 2 is 0.818 bits per heavy atom. The van der Waals surface area contributed by atoms with Crippen molar-refractivity contribution >= 4 is 12.6 Å². The van der Waals surface area contributed by atoms with E-state index in [2.05, 4.69) is 0 Å². The fourth-order valence-electron chi connectivity index (χ4n) is 1.31. The number of rotatable bonds is 8. The Balaban J connectivity index is 4.53. The van der Waals surface area contributed by atoms with E-state index in [1.165, 1.54) is 0 Å². The highest BCUT2D eigenvalue weighted by Crippen LogP contribution is 2.00. The van der Waals surface area contributed by atoms with Crippen molar-refractivity contribution in [1.29, 1.82) is 0 Å². The Kier molecular flexibility index (Phi) is 10.9. The first-order valence-corrected chi connectivity index (χ1v) is 7.11. The topological polar surface area (TPSA) is 34.1 Å². The molecule has 0 unspecified atom stereocenters. The molecule has 0 spiro atoms. The molecule has 22 heavy (non-hydrogen) atoms. The first kappa shape index (κ1) is 19.5. The van der Waals surface area contributed by atoms with Crippen LogP contribution in [0.2, 0.25) is 0 Å². The van der Waals surface area contributed by atoms with Crippen molar-refractivity contribution in [1.82, 2.24) is 0 Å². The third-order valence-electron chi connectivity index (χ3n) is 2.64. The number of allylic oxidation sites excluding steroid dienone is 14. The second-order valence-corrected chi connectivity index (χ2v) is 4.98. The molecule has 2 heteroatoms. The van der Waals surface area contributed by atoms with Crippen molar-refractivity contribution in [3.63, 3.8) is 0 Å². The molecule has 0 fully saturated rings. The van der Waals surface area contributed by atoms with Crippen LogP contribution >= 0.6 is 0 Å². The maximum Gasteiger partial charge on any atom is 0.145 e. The molecular formula is C20H24O2. The van der Waals surface area contributed by atoms with Crippen LogP contribution in [-0.4, -0.2) is 12.6 Å². The molecular weight excluding hydrogens is 272 g/mol. The van der Waals surface area contributed by atoms with Crippen LogP contribution in [0.15, 0.2) is 83.1 Å². The van der Waals surface area contributed by atoms with Crippen LogP contribution in [0.4, 0.5) is 0 Å². The van der Waals surface area contributed by atoms with Gasteiger partial charge in [0.2, 0.25) is 0 Å². The lowest BCUT2D eigenvalue weighted by atomic mass is 10.2. The van der Waals surface area contributed by atoms with Crippen molar-refractivity contribution in [2.45, 2.75) is 27.7 Å². The van der Waals surface area contributed by atoms with Crippen LogP contribution in [0.5, 0.6) is 0 Å². The molecule has 0 heterocycles. The minimum atomic E-state index is 0.698. The average Bonchev–Trinajstić information content (AvgIpc) is 2.51. The summed E-state index contributed by atoms with van der Waals surface area (Å²) >= 11 is 0. The van der Waals surface area contributed by atoms with Crippen molar-refractivity contribution in [3.05, 3.63) is 83.1 Å². The molecule has 116 valence electrons. The smallest absolute Gasteiger partial charge is 0.145 e. The molecule has 0 aliphatic carbocycles. The second kappa shape index (κ2) is 12.3. The minimum Gasteiger partial charge on any atom is -0.298 e. The van der Waals surface area contributed by atoms with Gasteiger partial charge in [0.25, 0.3) is 0 Å². The summed E-state index contributed by atoms with van der Waals surface area (Å²) in [6, 6.07) is 0. The predicted octanol–water partition coefficient (Wildman–Crippen LogP) is 4.84. The Morgan fingerprint density at radius 3 is 1.14 bits per heavy atom. The number of aldehydes is 2. The maximum absolute atomic E-state index is 10.4. The molecule has 0 N–H and O–H groups in total. The Morgan fingerprint density at radius 1 is 0.500 bits per heavy atom. The van der Waals surface area contributed by atoms with Gasteiger partial charge >= 0.3 is 0 Å². The molecule has 0 atom stereocenters. The normalized spacial score (nSPS) is 15.3. The van der Waals surface area contributed by atoms with Gasteiger partial charge in [-0.15, -0.1) is 0 Å². The molecule has 0 aliphatic rings. The molecule has 0 aromatic rings. The Labute approximate surface area is 133 Å². The molecule has 0 bridgehead atoms. The summed E-state index contributed by atoms with van der Waals surface area (Å²) < 4.78 is 0. The second-order valence-electron chi connectivity index (χ2n) is 4.98. The monoisotopic (exact) mass is 296 g/mol. The largest absolute Gasteiger partial charge is 0.298 e. The SMILES string of the molecule is CC(C=O)=C/C=C/C(C)=C/C=C/C=C(C)/C=C/C=C(\C)C=O. The minimum absolute atomic E-state index is 0.698. The lowest BCUT2D eigenvalue weighted by Gasteiger charge is -1.89. The molecule has 0 aromatic heterocycles. The van der Waals surface area contributed by atoms with E-state index in [1.807, 2.05) is 62.5 Å². The molecule has 2 nitrogen and oxygen atoms in total. The highest BCUT2D eigenvalue weighted by atomic mass is 16.1. The molecule has 0 aliphatic heterocycles. The average molecular weight is 296 g/mol. The first-order valence-electron chi connectivity index (χ1n) is 7.11. The number of carbonyl (C=O) groups is 2. The molecule has 0 saturated carbocycles. The van der Waals surface area contributed by atoms with Gasteiger partial charge in [0, 0.05) is 0 Å². The summed E-state index contributed by atoms with van der Waals surface area (Å²) in [5.74, 6) is 0. The zero-order valence-electron chi connectivity index (χ0n) is 13.7. The van der Waals surface area contributed by atoms with Gasteiger partial charge in [0.1, 0.15) is 12.6 Å². The van der Waals surface area contributed by atoms with Gasteiger partial charge in [0.15, 0.2) is 0 Å². The third-order valence-corrected chi connectivity index (χ3v) is 2.64. The fourth-order valence-corrected chi connectivity index (χ4v) is 1.31. The van der Waals surface area contributed by atoms with E-state index in [0.29, 0.717) is 11.1 Å². The van der Waals surface area contributed by atoms with E-state index >= 15 is 0 Å². The van der Waals surface area contributed by atoms with Crippen LogP contribution in [0.1, 0.15) is 27.7 Å². The number of hydrogen-bond donors (Lipinski definition) is 0. The molecule has 0 aromatic carbocycles. The Bertz CT molecular complexity index is 525. The quantitative estimate of drug-likeness (QED) is 0.365. The van der Waals surface area contributed by atoms with Gasteiger partial charge in [-0.1, -0.05) is 71.9 Å². The Hall–Kier alpha value is -2.48. The van der Waals surface area contributed by atoms with E-state index in [4.69, 9.17) is 0 Å². The van der Waals surface area contributed by atoms with Gasteiger partial charge in [0.05, 0.1) is 0 Å². The van der Waals surface area contributed by atoms with Crippen LogP contribution in [0, 0.1) is 0 Å². The van der Waals surface area contributed by atoms with Crippen molar-refractivity contribution in [2.75, 3.05) is 0 Å². The van der Waals surface area contributed by atoms with Crippen molar-refractivity contribution < 1.29 is 9.59 Å². The third kappa shape index (κ3) is 11.4. The van der Waals surface area contributed by atoms with E-state index in [-0.39, 0.29) is 0 Å². The van der Waals surface area contributed by atoms with Crippen LogP contribution < -0.4 is 0 Å². The van der Waals surface area contributed by atoms with Crippen LogP contribution in [-0.2, 0) is 9.59 Å². The summed E-state index contributed by atoms with van der Waals surface area (Å²) in [5.41, 5.74) is 3.59. The summed E-state index contributed by atoms with van der Waals surface area (Å²) in [7, 11) is 0. The standard InChI is InChI=1S/C20H24O2/c1-17(11-7-13-19(3)15-21)9-5-6-10-18(2)12-8-14-20(4)16-22/h5-16H,1-4H3/b6-5+,11-7+,12-8+,17-9+,18-10+,19-13+,20-14?. The van der Waals surface area contributed by atoms with Crippen molar-refractivity contribution in [2.24, 2.45) is 0 Å². The van der Waals surface area contributed by atoms with Crippen LogP contribution in [0.25, 0.3) is 0 Å². The van der Waals surface area contributed by atoms with E-state index in [9.17, 15) is 9.59 Å². The van der Waals surface area contributed by atoms with Gasteiger partial charge in [-0.2, -0.15) is 0 Å². The summed E-state index contributed by atoms with van der Waals surface area (Å²) in [4.78, 5) is 20.8. The van der Waals surface area contributed by atoms with Gasteiger partial charge < -0.3 is 0 Å². The number of carbonyl (C=O) groups excluding carboxylic acids is 2. The van der Waals surface area contributed by atoms with Crippen molar-refractivity contribution in [3.8, 4) is 0 Å². The maximum atomic E-state index is 10.4. The van der Waals surface area contributed by atoms with Gasteiger partial charge in [-0.25, -0.2) is 0 Å². The van der Waals surface area contributed by atoms with Gasteiger partial charge in [-0.05, 0) is 38.8 Å². The zero-order valence-corrected chi connectivity index (χ0v) is 13.7. The van der Waals surface area contributed by atoms with Crippen LogP contribution in [0.3, 0.4) is 0 Å². The fraction of sp³-hybridized carbons (Fsp3) is 0.200. The zero-order chi connectivity index (χ0) is 16.8. The summed E-state index contributed by atoms with van der Waals surface area (Å²) in [5, 5.41) is 0. The van der Waals surface area contributed by atoms with E-state index in [1.54, 1.807) is 26.0 Å². The predicted molar refractivity (Wildman–Crippen MR) is 94.6 cm³/mol. The highest BCUT2D eigenvalue weighted by Gasteiger charge is 1.82.